The molecule has 1 unspecified atom stereocenters. The normalized spacial score (nSPS) is 20.6. The number of carbonyl (C=O) groups is 3. The summed E-state index contributed by atoms with van der Waals surface area (Å²) in [7, 11) is 0. The SMILES string of the molecule is CC(=O)NCCCc1ccc(C(=O)COC(=O)C2(C)CC2(Cl)Cl)cc1. The largest absolute Gasteiger partial charge is 0.457 e. The molecule has 1 N–H and O–H groups in total. The van der Waals surface area contributed by atoms with Gasteiger partial charge < -0.3 is 10.1 Å². The van der Waals surface area contributed by atoms with E-state index in [2.05, 4.69) is 5.32 Å². The lowest BCUT2D eigenvalue weighted by Crippen LogP contribution is -2.24. The molecule has 1 aromatic carbocycles. The minimum absolute atomic E-state index is 0.0453. The zero-order valence-corrected chi connectivity index (χ0v) is 15.7. The molecule has 7 heteroatoms. The fourth-order valence-corrected chi connectivity index (χ4v) is 3.10. The Morgan fingerprint density at radius 3 is 2.32 bits per heavy atom. The average molecular weight is 386 g/mol. The summed E-state index contributed by atoms with van der Waals surface area (Å²) < 4.78 is 3.95. The molecule has 0 radical (unpaired) electrons. The van der Waals surface area contributed by atoms with Gasteiger partial charge in [-0.3, -0.25) is 14.4 Å². The van der Waals surface area contributed by atoms with Gasteiger partial charge in [-0.15, -0.1) is 23.2 Å². The van der Waals surface area contributed by atoms with Crippen molar-refractivity contribution in [1.29, 1.82) is 0 Å². The number of hydrogen-bond donors (Lipinski definition) is 1. The van der Waals surface area contributed by atoms with Crippen molar-refractivity contribution in [3.8, 4) is 0 Å². The molecule has 0 bridgehead atoms. The summed E-state index contributed by atoms with van der Waals surface area (Å²) in [6.45, 7) is 3.39. The number of ether oxygens (including phenoxy) is 1. The van der Waals surface area contributed by atoms with E-state index in [9.17, 15) is 14.4 Å². The van der Waals surface area contributed by atoms with Crippen LogP contribution in [0.15, 0.2) is 24.3 Å². The van der Waals surface area contributed by atoms with E-state index in [1.54, 1.807) is 19.1 Å². The maximum Gasteiger partial charge on any atom is 0.315 e. The third-order valence-electron chi connectivity index (χ3n) is 4.33. The Morgan fingerprint density at radius 1 is 1.20 bits per heavy atom. The van der Waals surface area contributed by atoms with Crippen LogP contribution in [0.1, 0.15) is 42.6 Å². The highest BCUT2D eigenvalue weighted by atomic mass is 35.5. The number of esters is 1. The van der Waals surface area contributed by atoms with Crippen molar-refractivity contribution in [3.05, 3.63) is 35.4 Å². The number of Topliss-reactive ketones (excluding diaryl/α,β-unsaturated/α-hetero) is 1. The first-order valence-corrected chi connectivity index (χ1v) is 8.83. The van der Waals surface area contributed by atoms with Gasteiger partial charge in [0.2, 0.25) is 5.91 Å². The Morgan fingerprint density at radius 2 is 1.80 bits per heavy atom. The topological polar surface area (TPSA) is 72.5 Å². The quantitative estimate of drug-likeness (QED) is 0.323. The summed E-state index contributed by atoms with van der Waals surface area (Å²) in [6.07, 6.45) is 1.95. The molecule has 1 atom stereocenters. The van der Waals surface area contributed by atoms with Crippen LogP contribution in [-0.2, 0) is 20.7 Å². The van der Waals surface area contributed by atoms with Gasteiger partial charge in [0, 0.05) is 25.5 Å². The zero-order valence-electron chi connectivity index (χ0n) is 14.2. The lowest BCUT2D eigenvalue weighted by molar-refractivity contribution is -0.148. The summed E-state index contributed by atoms with van der Waals surface area (Å²) in [5.74, 6) is -0.881. The summed E-state index contributed by atoms with van der Waals surface area (Å²) >= 11 is 11.8. The van der Waals surface area contributed by atoms with Crippen LogP contribution < -0.4 is 5.32 Å². The van der Waals surface area contributed by atoms with Crippen LogP contribution in [0.5, 0.6) is 0 Å². The second kappa shape index (κ2) is 7.75. The number of hydrogen-bond acceptors (Lipinski definition) is 4. The van der Waals surface area contributed by atoms with Crippen LogP contribution in [0.3, 0.4) is 0 Å². The Bertz CT molecular complexity index is 672. The number of rotatable bonds is 8. The number of alkyl halides is 2. The van der Waals surface area contributed by atoms with Gasteiger partial charge >= 0.3 is 5.97 Å². The van der Waals surface area contributed by atoms with Crippen molar-refractivity contribution < 1.29 is 19.1 Å². The van der Waals surface area contributed by atoms with Crippen molar-refractivity contribution in [2.75, 3.05) is 13.2 Å². The van der Waals surface area contributed by atoms with Gasteiger partial charge in [-0.25, -0.2) is 0 Å². The molecule has 1 aliphatic rings. The summed E-state index contributed by atoms with van der Waals surface area (Å²) in [5, 5.41) is 2.74. The molecule has 1 fully saturated rings. The van der Waals surface area contributed by atoms with E-state index in [-0.39, 0.29) is 18.3 Å². The first-order valence-electron chi connectivity index (χ1n) is 8.07. The molecule has 0 aliphatic heterocycles. The number of carbonyl (C=O) groups excluding carboxylic acids is 3. The molecule has 25 heavy (non-hydrogen) atoms. The summed E-state index contributed by atoms with van der Waals surface area (Å²) in [6, 6.07) is 7.12. The van der Waals surface area contributed by atoms with Crippen LogP contribution >= 0.6 is 23.2 Å². The second-order valence-corrected chi connectivity index (χ2v) is 7.98. The number of nitrogens with one attached hydrogen (secondary N) is 1. The molecule has 1 amide bonds. The van der Waals surface area contributed by atoms with Crippen LogP contribution in [-0.4, -0.2) is 35.1 Å². The predicted octanol–water partition coefficient (Wildman–Crippen LogP) is 3.07. The van der Waals surface area contributed by atoms with Crippen molar-refractivity contribution in [2.24, 2.45) is 5.41 Å². The molecule has 0 heterocycles. The van der Waals surface area contributed by atoms with Crippen molar-refractivity contribution in [2.45, 2.75) is 37.4 Å². The molecule has 0 spiro atoms. The minimum atomic E-state index is -1.11. The molecule has 136 valence electrons. The predicted molar refractivity (Wildman–Crippen MR) is 95.9 cm³/mol. The average Bonchev–Trinajstić information content (AvgIpc) is 3.09. The van der Waals surface area contributed by atoms with E-state index in [0.29, 0.717) is 18.5 Å². The Labute approximate surface area is 157 Å². The number of benzene rings is 1. The van der Waals surface area contributed by atoms with E-state index in [1.807, 2.05) is 12.1 Å². The van der Waals surface area contributed by atoms with E-state index in [1.165, 1.54) is 6.92 Å². The van der Waals surface area contributed by atoms with E-state index in [4.69, 9.17) is 27.9 Å². The molecule has 5 nitrogen and oxygen atoms in total. The van der Waals surface area contributed by atoms with E-state index >= 15 is 0 Å². The number of halogens is 2. The van der Waals surface area contributed by atoms with Gasteiger partial charge in [-0.1, -0.05) is 24.3 Å². The van der Waals surface area contributed by atoms with Crippen LogP contribution in [0.2, 0.25) is 0 Å². The van der Waals surface area contributed by atoms with Gasteiger partial charge in [-0.05, 0) is 25.3 Å². The Hall–Kier alpha value is -1.59. The highest BCUT2D eigenvalue weighted by molar-refractivity contribution is 6.53. The maximum absolute atomic E-state index is 12.1. The van der Waals surface area contributed by atoms with Gasteiger partial charge in [-0.2, -0.15) is 0 Å². The lowest BCUT2D eigenvalue weighted by atomic mass is 10.1. The van der Waals surface area contributed by atoms with Crippen LogP contribution in [0, 0.1) is 5.41 Å². The summed E-state index contributed by atoms with van der Waals surface area (Å²) in [4.78, 5) is 34.9. The molecular weight excluding hydrogens is 365 g/mol. The van der Waals surface area contributed by atoms with Crippen molar-refractivity contribution >= 4 is 40.9 Å². The monoisotopic (exact) mass is 385 g/mol. The lowest BCUT2D eigenvalue weighted by Gasteiger charge is -2.11. The van der Waals surface area contributed by atoms with Crippen molar-refractivity contribution in [3.63, 3.8) is 0 Å². The smallest absolute Gasteiger partial charge is 0.315 e. The van der Waals surface area contributed by atoms with Gasteiger partial charge in [0.15, 0.2) is 12.4 Å². The van der Waals surface area contributed by atoms with Gasteiger partial charge in [0.05, 0.1) is 0 Å². The Balaban J connectivity index is 1.78. The number of aryl methyl sites for hydroxylation is 1. The zero-order chi connectivity index (χ0) is 18.7. The molecule has 0 saturated heterocycles. The maximum atomic E-state index is 12.1. The highest BCUT2D eigenvalue weighted by Gasteiger charge is 2.69. The van der Waals surface area contributed by atoms with Gasteiger partial charge in [0.1, 0.15) is 9.75 Å². The Kier molecular flexibility index (Phi) is 6.12. The van der Waals surface area contributed by atoms with Gasteiger partial charge in [0.25, 0.3) is 0 Å². The molecule has 1 aliphatic carbocycles. The molecule has 1 saturated carbocycles. The molecule has 0 aromatic heterocycles. The highest BCUT2D eigenvalue weighted by Crippen LogP contribution is 2.64. The fraction of sp³-hybridized carbons (Fsp3) is 0.500. The molecule has 1 aromatic rings. The number of ketones is 1. The van der Waals surface area contributed by atoms with Crippen LogP contribution in [0.4, 0.5) is 0 Å². The third kappa shape index (κ3) is 4.95. The molecule has 2 rings (SSSR count). The number of amides is 1. The van der Waals surface area contributed by atoms with Crippen molar-refractivity contribution in [1.82, 2.24) is 5.32 Å². The fourth-order valence-electron chi connectivity index (χ4n) is 2.41. The first-order chi connectivity index (χ1) is 11.7. The first kappa shape index (κ1) is 19.7. The third-order valence-corrected chi connectivity index (χ3v) is 5.44. The van der Waals surface area contributed by atoms with E-state index in [0.717, 1.165) is 18.4 Å². The second-order valence-electron chi connectivity index (χ2n) is 6.50. The minimum Gasteiger partial charge on any atom is -0.457 e. The van der Waals surface area contributed by atoms with Crippen LogP contribution in [0.25, 0.3) is 0 Å². The molecular formula is C18H21Cl2NO4. The standard InChI is InChI=1S/C18H21Cl2NO4/c1-12(22)21-9-3-4-13-5-7-14(8-6-13)15(23)10-25-16(24)17(2)11-18(17,19)20/h5-8H,3-4,9-11H2,1-2H3,(H,21,22). The van der Waals surface area contributed by atoms with E-state index < -0.39 is 15.7 Å². The summed E-state index contributed by atoms with van der Waals surface area (Å²) in [5.41, 5.74) is 0.606.